The third-order valence-corrected chi connectivity index (χ3v) is 2.70. The number of anilines is 2. The summed E-state index contributed by atoms with van der Waals surface area (Å²) >= 11 is 0. The van der Waals surface area contributed by atoms with Gasteiger partial charge in [-0.05, 0) is 37.3 Å². The highest BCUT2D eigenvalue weighted by Gasteiger charge is 2.03. The summed E-state index contributed by atoms with van der Waals surface area (Å²) in [6.07, 6.45) is 0. The van der Waals surface area contributed by atoms with Gasteiger partial charge >= 0.3 is 0 Å². The highest BCUT2D eigenvalue weighted by atomic mass is 16.1. The molecule has 3 N–H and O–H groups in total. The summed E-state index contributed by atoms with van der Waals surface area (Å²) in [6, 6.07) is 14.1. The van der Waals surface area contributed by atoms with Gasteiger partial charge in [0.2, 0.25) is 5.91 Å². The third kappa shape index (κ3) is 3.19. The molecule has 0 fully saturated rings. The van der Waals surface area contributed by atoms with E-state index in [1.165, 1.54) is 6.92 Å². The molecule has 0 atom stereocenters. The number of amides is 1. The molecule has 0 bridgehead atoms. The molecule has 0 unspecified atom stereocenters. The molecular weight excluding hydrogens is 240 g/mol. The molecule has 1 amide bonds. The molecule has 0 aliphatic rings. The van der Waals surface area contributed by atoms with Crippen LogP contribution in [-0.4, -0.2) is 11.7 Å². The molecule has 2 aromatic carbocycles. The van der Waals surface area contributed by atoms with Crippen LogP contribution >= 0.6 is 0 Å². The Hall–Kier alpha value is -2.62. The van der Waals surface area contributed by atoms with E-state index in [1.54, 1.807) is 36.4 Å². The first-order valence-electron chi connectivity index (χ1n) is 5.84. The van der Waals surface area contributed by atoms with Crippen molar-refractivity contribution in [3.8, 4) is 0 Å². The van der Waals surface area contributed by atoms with E-state index in [0.29, 0.717) is 11.1 Å². The quantitative estimate of drug-likeness (QED) is 0.824. The molecule has 0 aliphatic carbocycles. The zero-order valence-corrected chi connectivity index (χ0v) is 10.5. The van der Waals surface area contributed by atoms with Gasteiger partial charge in [0, 0.05) is 22.5 Å². The van der Waals surface area contributed by atoms with Crippen LogP contribution in [0.4, 0.5) is 11.4 Å². The number of hydrogen-bond acceptors (Lipinski definition) is 3. The topological polar surface area (TPSA) is 72.2 Å². The zero-order valence-electron chi connectivity index (χ0n) is 10.5. The van der Waals surface area contributed by atoms with Crippen LogP contribution in [0.3, 0.4) is 0 Å². The Morgan fingerprint density at radius 3 is 2.00 bits per heavy atom. The molecule has 2 rings (SSSR count). The number of primary amides is 1. The Morgan fingerprint density at radius 1 is 0.947 bits per heavy atom. The summed E-state index contributed by atoms with van der Waals surface area (Å²) in [5.74, 6) is -0.462. The number of ketones is 1. The highest BCUT2D eigenvalue weighted by molar-refractivity contribution is 5.95. The van der Waals surface area contributed by atoms with Crippen LogP contribution in [0.2, 0.25) is 0 Å². The van der Waals surface area contributed by atoms with Crippen molar-refractivity contribution in [1.29, 1.82) is 0 Å². The van der Waals surface area contributed by atoms with Gasteiger partial charge in [0.1, 0.15) is 0 Å². The lowest BCUT2D eigenvalue weighted by molar-refractivity contribution is 0.0996. The molecule has 96 valence electrons. The lowest BCUT2D eigenvalue weighted by Gasteiger charge is -2.08. The molecule has 0 aliphatic heterocycles. The molecule has 2 aromatic rings. The SMILES string of the molecule is CC(=O)c1cccc(Nc2cccc(C(N)=O)c2)c1. The van der Waals surface area contributed by atoms with Gasteiger partial charge in [-0.1, -0.05) is 18.2 Å². The second kappa shape index (κ2) is 5.35. The fraction of sp³-hybridized carbons (Fsp3) is 0.0667. The second-order valence-corrected chi connectivity index (χ2v) is 4.21. The summed E-state index contributed by atoms with van der Waals surface area (Å²) in [4.78, 5) is 22.4. The number of carbonyl (C=O) groups excluding carboxylic acids is 2. The van der Waals surface area contributed by atoms with Crippen molar-refractivity contribution >= 4 is 23.1 Å². The lowest BCUT2D eigenvalue weighted by Crippen LogP contribution is -2.10. The van der Waals surface area contributed by atoms with E-state index in [4.69, 9.17) is 5.73 Å². The summed E-state index contributed by atoms with van der Waals surface area (Å²) in [6.45, 7) is 1.52. The van der Waals surface area contributed by atoms with Gasteiger partial charge in [-0.3, -0.25) is 9.59 Å². The van der Waals surface area contributed by atoms with Gasteiger partial charge in [0.15, 0.2) is 5.78 Å². The predicted octanol–water partition coefficient (Wildman–Crippen LogP) is 2.73. The average molecular weight is 254 g/mol. The summed E-state index contributed by atoms with van der Waals surface area (Å²) in [5.41, 5.74) is 7.84. The van der Waals surface area contributed by atoms with E-state index in [-0.39, 0.29) is 5.78 Å². The van der Waals surface area contributed by atoms with Crippen LogP contribution < -0.4 is 11.1 Å². The lowest BCUT2D eigenvalue weighted by atomic mass is 10.1. The van der Waals surface area contributed by atoms with Gasteiger partial charge in [-0.2, -0.15) is 0 Å². The van der Waals surface area contributed by atoms with Crippen LogP contribution in [0.25, 0.3) is 0 Å². The largest absolute Gasteiger partial charge is 0.366 e. The van der Waals surface area contributed by atoms with Gasteiger partial charge < -0.3 is 11.1 Å². The minimum atomic E-state index is -0.471. The smallest absolute Gasteiger partial charge is 0.248 e. The van der Waals surface area contributed by atoms with Crippen molar-refractivity contribution in [3.63, 3.8) is 0 Å². The van der Waals surface area contributed by atoms with Gasteiger partial charge in [0.05, 0.1) is 0 Å². The van der Waals surface area contributed by atoms with Crippen molar-refractivity contribution in [2.24, 2.45) is 5.73 Å². The molecule has 0 saturated carbocycles. The Morgan fingerprint density at radius 2 is 1.47 bits per heavy atom. The van der Waals surface area contributed by atoms with E-state index in [1.807, 2.05) is 12.1 Å². The van der Waals surface area contributed by atoms with E-state index in [2.05, 4.69) is 5.32 Å². The van der Waals surface area contributed by atoms with Crippen molar-refractivity contribution in [2.45, 2.75) is 6.92 Å². The fourth-order valence-corrected chi connectivity index (χ4v) is 1.73. The number of carbonyl (C=O) groups is 2. The molecule has 0 heterocycles. The molecule has 0 spiro atoms. The Bertz CT molecular complexity index is 580. The highest BCUT2D eigenvalue weighted by Crippen LogP contribution is 2.19. The monoisotopic (exact) mass is 254 g/mol. The first-order valence-corrected chi connectivity index (χ1v) is 5.84. The molecule has 4 heteroatoms. The number of nitrogens with one attached hydrogen (secondary N) is 1. The van der Waals surface area contributed by atoms with Crippen molar-refractivity contribution < 1.29 is 9.59 Å². The maximum Gasteiger partial charge on any atom is 0.248 e. The zero-order chi connectivity index (χ0) is 13.8. The third-order valence-electron chi connectivity index (χ3n) is 2.70. The van der Waals surface area contributed by atoms with Crippen molar-refractivity contribution in [1.82, 2.24) is 0 Å². The minimum absolute atomic E-state index is 0.00883. The first-order chi connectivity index (χ1) is 9.06. The van der Waals surface area contributed by atoms with Gasteiger partial charge in [0.25, 0.3) is 0 Å². The van der Waals surface area contributed by atoms with E-state index in [9.17, 15) is 9.59 Å². The van der Waals surface area contributed by atoms with Crippen LogP contribution in [0.5, 0.6) is 0 Å². The van der Waals surface area contributed by atoms with Crippen LogP contribution in [0, 0.1) is 0 Å². The maximum absolute atomic E-state index is 11.3. The Labute approximate surface area is 111 Å². The summed E-state index contributed by atoms with van der Waals surface area (Å²) in [7, 11) is 0. The maximum atomic E-state index is 11.3. The Balaban J connectivity index is 2.26. The molecule has 0 saturated heterocycles. The molecule has 0 radical (unpaired) electrons. The van der Waals surface area contributed by atoms with Crippen LogP contribution in [-0.2, 0) is 0 Å². The number of Topliss-reactive ketones (excluding diaryl/α,β-unsaturated/α-hetero) is 1. The minimum Gasteiger partial charge on any atom is -0.366 e. The van der Waals surface area contributed by atoms with E-state index >= 15 is 0 Å². The first kappa shape index (κ1) is 12.8. The van der Waals surface area contributed by atoms with Crippen molar-refractivity contribution in [2.75, 3.05) is 5.32 Å². The van der Waals surface area contributed by atoms with Crippen molar-refractivity contribution in [3.05, 3.63) is 59.7 Å². The van der Waals surface area contributed by atoms with E-state index < -0.39 is 5.91 Å². The standard InChI is InChI=1S/C15H14N2O2/c1-10(18)11-4-2-6-13(8-11)17-14-7-3-5-12(9-14)15(16)19/h2-9,17H,1H3,(H2,16,19). The summed E-state index contributed by atoms with van der Waals surface area (Å²) in [5, 5.41) is 3.13. The molecule has 0 aromatic heterocycles. The molecular formula is C15H14N2O2. The molecule has 19 heavy (non-hydrogen) atoms. The molecule has 4 nitrogen and oxygen atoms in total. The number of rotatable bonds is 4. The van der Waals surface area contributed by atoms with E-state index in [0.717, 1.165) is 11.4 Å². The van der Waals surface area contributed by atoms with Gasteiger partial charge in [-0.25, -0.2) is 0 Å². The second-order valence-electron chi connectivity index (χ2n) is 4.21. The average Bonchev–Trinajstić information content (AvgIpc) is 2.39. The van der Waals surface area contributed by atoms with Gasteiger partial charge in [-0.15, -0.1) is 0 Å². The van der Waals surface area contributed by atoms with Crippen LogP contribution in [0.15, 0.2) is 48.5 Å². The number of nitrogens with two attached hydrogens (primary N) is 1. The normalized spacial score (nSPS) is 9.95. The number of hydrogen-bond donors (Lipinski definition) is 2. The Kier molecular flexibility index (Phi) is 3.61. The van der Waals surface area contributed by atoms with Crippen LogP contribution in [0.1, 0.15) is 27.6 Å². The number of benzene rings is 2. The fourth-order valence-electron chi connectivity index (χ4n) is 1.73. The summed E-state index contributed by atoms with van der Waals surface area (Å²) < 4.78 is 0. The predicted molar refractivity (Wildman–Crippen MR) is 74.7 cm³/mol.